The highest BCUT2D eigenvalue weighted by Crippen LogP contribution is 2.47. The number of phenolic OH excluding ortho intramolecular Hbond substituents is 1. The smallest absolute Gasteiger partial charge is 0.238 e. The number of aliphatic hydroxyl groups is 3. The van der Waals surface area contributed by atoms with Crippen molar-refractivity contribution < 1.29 is 30.0 Å². The molecule has 3 aromatic rings. The van der Waals surface area contributed by atoms with Crippen LogP contribution in [0.15, 0.2) is 96.1 Å². The number of anilines is 1. The summed E-state index contributed by atoms with van der Waals surface area (Å²) in [6.07, 6.45) is 1.81. The van der Waals surface area contributed by atoms with Gasteiger partial charge in [0.2, 0.25) is 11.8 Å². The van der Waals surface area contributed by atoms with E-state index >= 15 is 0 Å². The van der Waals surface area contributed by atoms with Gasteiger partial charge in [-0.3, -0.25) is 14.5 Å². The van der Waals surface area contributed by atoms with Gasteiger partial charge in [-0.2, -0.15) is 0 Å². The number of aliphatic hydroxyl groups excluding tert-OH is 3. The first kappa shape index (κ1) is 27.5. The Bertz CT molecular complexity index is 1430. The number of phenols is 1. The zero-order valence-corrected chi connectivity index (χ0v) is 22.1. The Kier molecular flexibility index (Phi) is 8.26. The molecule has 206 valence electrons. The maximum absolute atomic E-state index is 13.6. The lowest BCUT2D eigenvalue weighted by Gasteiger charge is -2.36. The number of benzene rings is 3. The van der Waals surface area contributed by atoms with Crippen LogP contribution in [0.3, 0.4) is 0 Å². The molecule has 1 fully saturated rings. The molecule has 5 rings (SSSR count). The van der Waals surface area contributed by atoms with Crippen molar-refractivity contribution >= 4 is 29.2 Å². The zero-order chi connectivity index (χ0) is 28.2. The molecule has 7 heteroatoms. The maximum atomic E-state index is 13.6. The van der Waals surface area contributed by atoms with Gasteiger partial charge in [-0.15, -0.1) is 0 Å². The van der Waals surface area contributed by atoms with Crippen LogP contribution in [0, 0.1) is 17.8 Å². The number of amides is 2. The predicted octanol–water partition coefficient (Wildman–Crippen LogP) is 4.18. The van der Waals surface area contributed by atoms with E-state index in [0.29, 0.717) is 23.3 Å². The molecule has 4 N–H and O–H groups in total. The first-order chi connectivity index (χ1) is 19.4. The Morgan fingerprint density at radius 2 is 1.62 bits per heavy atom. The molecule has 1 heterocycles. The molecule has 0 bridgehead atoms. The molecule has 4 atom stereocenters. The molecule has 1 saturated heterocycles. The van der Waals surface area contributed by atoms with E-state index in [9.17, 15) is 30.0 Å². The van der Waals surface area contributed by atoms with Crippen LogP contribution in [0.5, 0.6) is 5.75 Å². The van der Waals surface area contributed by atoms with Crippen LogP contribution in [0.4, 0.5) is 5.69 Å². The van der Waals surface area contributed by atoms with Crippen molar-refractivity contribution in [1.82, 2.24) is 0 Å². The minimum atomic E-state index is -1.04. The standard InChI is InChI=1S/C33H33NO6/c35-19-24-18-27-31(33(40)34(32(27)39)25-11-5-2-6-12-25)28(20-36)30(24)29(38)15-14-23(22-9-3-1-4-10-22)16-21-8-7-13-26(37)17-21/h1-13,16-17,27-29,31,35-38H,14-15,18-20H2/b23-16-/t27-,28+,29-,31-/m1/s1. The van der Waals surface area contributed by atoms with Gasteiger partial charge in [0.05, 0.1) is 36.8 Å². The van der Waals surface area contributed by atoms with Gasteiger partial charge in [-0.1, -0.05) is 66.7 Å². The Hall–Kier alpha value is -4.04. The number of hydrogen-bond acceptors (Lipinski definition) is 6. The van der Waals surface area contributed by atoms with Crippen molar-refractivity contribution in [1.29, 1.82) is 0 Å². The third-order valence-corrected chi connectivity index (χ3v) is 7.99. The molecule has 0 saturated carbocycles. The van der Waals surface area contributed by atoms with E-state index in [1.165, 1.54) is 4.90 Å². The van der Waals surface area contributed by atoms with Crippen molar-refractivity contribution in [3.8, 4) is 5.75 Å². The van der Waals surface area contributed by atoms with Crippen molar-refractivity contribution in [2.24, 2.45) is 17.8 Å². The number of rotatable bonds is 9. The van der Waals surface area contributed by atoms with Gasteiger partial charge < -0.3 is 20.4 Å². The Morgan fingerprint density at radius 3 is 2.27 bits per heavy atom. The molecule has 3 aromatic carbocycles. The summed E-state index contributed by atoms with van der Waals surface area (Å²) in [4.78, 5) is 28.1. The summed E-state index contributed by atoms with van der Waals surface area (Å²) in [5, 5.41) is 42.1. The maximum Gasteiger partial charge on any atom is 0.238 e. The Morgan fingerprint density at radius 1 is 0.925 bits per heavy atom. The number of hydrogen-bond donors (Lipinski definition) is 4. The first-order valence-electron chi connectivity index (χ1n) is 13.5. The van der Waals surface area contributed by atoms with E-state index in [1.807, 2.05) is 42.5 Å². The van der Waals surface area contributed by atoms with Gasteiger partial charge in [-0.05, 0) is 71.4 Å². The summed E-state index contributed by atoms with van der Waals surface area (Å²) < 4.78 is 0. The molecule has 0 aromatic heterocycles. The molecule has 0 radical (unpaired) electrons. The van der Waals surface area contributed by atoms with Gasteiger partial charge in [0, 0.05) is 5.92 Å². The van der Waals surface area contributed by atoms with Crippen LogP contribution in [-0.2, 0) is 9.59 Å². The average molecular weight is 540 g/mol. The van der Waals surface area contributed by atoms with Crippen molar-refractivity contribution in [2.45, 2.75) is 25.4 Å². The summed E-state index contributed by atoms with van der Waals surface area (Å²) in [6, 6.07) is 25.3. The zero-order valence-electron chi connectivity index (χ0n) is 22.1. The topological polar surface area (TPSA) is 118 Å². The molecule has 2 aliphatic rings. The van der Waals surface area contributed by atoms with E-state index in [4.69, 9.17) is 0 Å². The number of aromatic hydroxyl groups is 1. The minimum absolute atomic E-state index is 0.154. The second kappa shape index (κ2) is 12.0. The van der Waals surface area contributed by atoms with E-state index in [1.54, 1.807) is 48.5 Å². The molecule has 0 unspecified atom stereocenters. The largest absolute Gasteiger partial charge is 0.508 e. The molecular weight excluding hydrogens is 506 g/mol. The third kappa shape index (κ3) is 5.36. The number of imide groups is 1. The molecule has 7 nitrogen and oxygen atoms in total. The summed E-state index contributed by atoms with van der Waals surface area (Å²) in [7, 11) is 0. The number of fused-ring (bicyclic) bond motifs is 1. The van der Waals surface area contributed by atoms with Crippen LogP contribution in [0.1, 0.15) is 30.4 Å². The first-order valence-corrected chi connectivity index (χ1v) is 13.5. The monoisotopic (exact) mass is 539 g/mol. The Labute approximate surface area is 233 Å². The average Bonchev–Trinajstić information content (AvgIpc) is 3.23. The fourth-order valence-corrected chi connectivity index (χ4v) is 6.15. The van der Waals surface area contributed by atoms with E-state index in [2.05, 4.69) is 0 Å². The normalized spacial score (nSPS) is 22.0. The van der Waals surface area contributed by atoms with Crippen LogP contribution >= 0.6 is 0 Å². The number of carbonyl (C=O) groups excluding carboxylic acids is 2. The quantitative estimate of drug-likeness (QED) is 0.184. The summed E-state index contributed by atoms with van der Waals surface area (Å²) in [5.41, 5.74) is 4.14. The number of carbonyl (C=O) groups is 2. The molecule has 1 aliphatic heterocycles. The number of allylic oxidation sites excluding steroid dienone is 1. The number of para-hydroxylation sites is 1. The van der Waals surface area contributed by atoms with E-state index in [-0.39, 0.29) is 31.1 Å². The fraction of sp³-hybridized carbons (Fsp3) is 0.273. The van der Waals surface area contributed by atoms with Gasteiger partial charge in [0.15, 0.2) is 0 Å². The van der Waals surface area contributed by atoms with Gasteiger partial charge in [0.1, 0.15) is 5.75 Å². The lowest BCUT2D eigenvalue weighted by atomic mass is 9.68. The van der Waals surface area contributed by atoms with Crippen molar-refractivity contribution in [3.05, 3.63) is 107 Å². The van der Waals surface area contributed by atoms with Gasteiger partial charge in [-0.25, -0.2) is 0 Å². The Balaban J connectivity index is 1.43. The van der Waals surface area contributed by atoms with Crippen LogP contribution in [0.2, 0.25) is 0 Å². The van der Waals surface area contributed by atoms with Crippen LogP contribution in [0.25, 0.3) is 11.6 Å². The molecule has 1 aliphatic carbocycles. The summed E-state index contributed by atoms with van der Waals surface area (Å²) in [6.45, 7) is -0.799. The lowest BCUT2D eigenvalue weighted by Crippen LogP contribution is -2.39. The molecule has 2 amide bonds. The number of nitrogens with zero attached hydrogens (tertiary/aromatic N) is 1. The predicted molar refractivity (Wildman–Crippen MR) is 153 cm³/mol. The second-order valence-electron chi connectivity index (χ2n) is 10.4. The molecule has 40 heavy (non-hydrogen) atoms. The molecular formula is C33H33NO6. The molecule has 0 spiro atoms. The van der Waals surface area contributed by atoms with Crippen LogP contribution < -0.4 is 4.90 Å². The van der Waals surface area contributed by atoms with Crippen molar-refractivity contribution in [3.63, 3.8) is 0 Å². The third-order valence-electron chi connectivity index (χ3n) is 7.99. The SMILES string of the molecule is O=C1[C@@H]2[C@@H](CC(CO)=C([C@H](O)CC/C(=C/c3cccc(O)c3)c3ccccc3)[C@@H]2CO)C(=O)N1c1ccccc1. The highest BCUT2D eigenvalue weighted by molar-refractivity contribution is 6.22. The summed E-state index contributed by atoms with van der Waals surface area (Å²) >= 11 is 0. The van der Waals surface area contributed by atoms with E-state index < -0.39 is 36.4 Å². The van der Waals surface area contributed by atoms with Gasteiger partial charge >= 0.3 is 0 Å². The summed E-state index contributed by atoms with van der Waals surface area (Å²) in [5.74, 6) is -2.88. The lowest BCUT2D eigenvalue weighted by molar-refractivity contribution is -0.123. The van der Waals surface area contributed by atoms with E-state index in [0.717, 1.165) is 16.7 Å². The minimum Gasteiger partial charge on any atom is -0.508 e. The van der Waals surface area contributed by atoms with Crippen molar-refractivity contribution in [2.75, 3.05) is 18.1 Å². The van der Waals surface area contributed by atoms with Crippen LogP contribution in [-0.4, -0.2) is 51.6 Å². The second-order valence-corrected chi connectivity index (χ2v) is 10.4. The van der Waals surface area contributed by atoms with Gasteiger partial charge in [0.25, 0.3) is 0 Å². The highest BCUT2D eigenvalue weighted by Gasteiger charge is 2.55. The highest BCUT2D eigenvalue weighted by atomic mass is 16.3. The fourth-order valence-electron chi connectivity index (χ4n) is 6.15.